The molecule has 0 radical (unpaired) electrons. The third kappa shape index (κ3) is 6.13. The topological polar surface area (TPSA) is 167 Å². The molecule has 1 atom stereocenters. The molecule has 12 nitrogen and oxygen atoms in total. The number of halogens is 2. The fourth-order valence-electron chi connectivity index (χ4n) is 6.66. The summed E-state index contributed by atoms with van der Waals surface area (Å²) in [6.07, 6.45) is 1.60. The Kier molecular flexibility index (Phi) is 8.85. The lowest BCUT2D eigenvalue weighted by molar-refractivity contribution is -0.0463. The van der Waals surface area contributed by atoms with Crippen LogP contribution in [0.15, 0.2) is 85.1 Å². The summed E-state index contributed by atoms with van der Waals surface area (Å²) in [4.78, 5) is 27.1. The monoisotopic (exact) mass is 704 g/mol. The van der Waals surface area contributed by atoms with Gasteiger partial charge in [0.25, 0.3) is 5.91 Å². The molecule has 3 aromatic heterocycles. The number of hydrogen-bond acceptors (Lipinski definition) is 10. The first-order chi connectivity index (χ1) is 25.3. The number of carbonyl (C=O) groups excluding carboxylic acids is 1. The van der Waals surface area contributed by atoms with Crippen molar-refractivity contribution < 1.29 is 37.8 Å². The van der Waals surface area contributed by atoms with Crippen molar-refractivity contribution in [3.05, 3.63) is 125 Å². The van der Waals surface area contributed by atoms with Crippen molar-refractivity contribution in [1.82, 2.24) is 24.8 Å². The van der Waals surface area contributed by atoms with Crippen LogP contribution in [0.3, 0.4) is 0 Å². The van der Waals surface area contributed by atoms with Gasteiger partial charge in [0.1, 0.15) is 17.9 Å². The number of hydrogen-bond donors (Lipinski definition) is 4. The zero-order valence-electron chi connectivity index (χ0n) is 27.5. The van der Waals surface area contributed by atoms with Crippen molar-refractivity contribution in [1.29, 1.82) is 0 Å². The molecular formula is C37H31BF2N6O6. The second kappa shape index (κ2) is 13.8. The number of fused-ring (bicyclic) bond motifs is 2. The van der Waals surface area contributed by atoms with Crippen molar-refractivity contribution in [3.8, 4) is 22.8 Å². The Hall–Kier alpha value is -5.74. The smallest absolute Gasteiger partial charge is 0.485 e. The van der Waals surface area contributed by atoms with Crippen LogP contribution in [-0.2, 0) is 22.5 Å². The van der Waals surface area contributed by atoms with Gasteiger partial charge in [-0.15, -0.1) is 0 Å². The molecule has 52 heavy (non-hydrogen) atoms. The number of aryl methyl sites for hydroxylation is 1. The van der Waals surface area contributed by atoms with Gasteiger partial charge in [-0.3, -0.25) is 9.36 Å². The molecule has 5 N–H and O–H groups in total. The first kappa shape index (κ1) is 33.4. The Labute approximate surface area is 296 Å². The number of nitrogens with two attached hydrogens (primary N) is 1. The molecular weight excluding hydrogens is 673 g/mol. The molecule has 262 valence electrons. The van der Waals surface area contributed by atoms with Gasteiger partial charge >= 0.3 is 7.12 Å². The molecule has 1 fully saturated rings. The minimum atomic E-state index is -1.80. The van der Waals surface area contributed by atoms with Crippen LogP contribution in [0.2, 0.25) is 0 Å². The van der Waals surface area contributed by atoms with Crippen molar-refractivity contribution in [3.63, 3.8) is 0 Å². The number of anilines is 1. The highest BCUT2D eigenvalue weighted by Gasteiger charge is 2.33. The molecule has 2 aliphatic rings. The van der Waals surface area contributed by atoms with Crippen LogP contribution < -0.4 is 21.4 Å². The van der Waals surface area contributed by atoms with Gasteiger partial charge in [0.2, 0.25) is 5.82 Å². The molecule has 1 saturated heterocycles. The van der Waals surface area contributed by atoms with Crippen LogP contribution in [0.5, 0.6) is 5.75 Å². The number of imidazole rings is 1. The molecule has 0 spiro atoms. The van der Waals surface area contributed by atoms with Gasteiger partial charge in [0.05, 0.1) is 41.5 Å². The third-order valence-corrected chi connectivity index (χ3v) is 9.17. The van der Waals surface area contributed by atoms with Crippen LogP contribution >= 0.6 is 0 Å². The number of amides is 1. The summed E-state index contributed by atoms with van der Waals surface area (Å²) in [5.74, 6) is -3.14. The molecule has 0 unspecified atom stereocenters. The lowest BCUT2D eigenvalue weighted by Crippen LogP contribution is -2.32. The lowest BCUT2D eigenvalue weighted by Gasteiger charge is -2.20. The summed E-state index contributed by atoms with van der Waals surface area (Å²) in [6.45, 7) is 0.462. The van der Waals surface area contributed by atoms with E-state index in [1.54, 1.807) is 41.1 Å². The zero-order chi connectivity index (χ0) is 35.9. The Balaban J connectivity index is 1.11. The predicted octanol–water partition coefficient (Wildman–Crippen LogP) is 4.06. The minimum Gasteiger partial charge on any atom is -0.485 e. The maximum atomic E-state index is 15.7. The normalized spacial score (nSPS) is 15.6. The van der Waals surface area contributed by atoms with Crippen molar-refractivity contribution in [2.24, 2.45) is 0 Å². The second-order valence-corrected chi connectivity index (χ2v) is 12.4. The Bertz CT molecular complexity index is 2320. The summed E-state index contributed by atoms with van der Waals surface area (Å²) in [7, 11) is -1.80. The van der Waals surface area contributed by atoms with Gasteiger partial charge in [-0.1, -0.05) is 36.4 Å². The van der Waals surface area contributed by atoms with Crippen molar-refractivity contribution in [2.45, 2.75) is 31.8 Å². The minimum absolute atomic E-state index is 0.0318. The van der Waals surface area contributed by atoms with E-state index in [0.29, 0.717) is 41.1 Å². The maximum absolute atomic E-state index is 15.7. The van der Waals surface area contributed by atoms with Gasteiger partial charge in [0, 0.05) is 11.9 Å². The number of rotatable bonds is 9. The number of ether oxygens (including phenoxy) is 3. The van der Waals surface area contributed by atoms with E-state index in [1.807, 2.05) is 36.4 Å². The first-order valence-corrected chi connectivity index (χ1v) is 16.6. The highest BCUT2D eigenvalue weighted by Crippen LogP contribution is 2.39. The summed E-state index contributed by atoms with van der Waals surface area (Å²) < 4.78 is 50.0. The van der Waals surface area contributed by atoms with E-state index in [9.17, 15) is 14.8 Å². The highest BCUT2D eigenvalue weighted by molar-refractivity contribution is 6.57. The van der Waals surface area contributed by atoms with Crippen LogP contribution in [0.4, 0.5) is 14.6 Å². The predicted molar refractivity (Wildman–Crippen MR) is 187 cm³/mol. The molecule has 1 aliphatic carbocycles. The molecule has 3 aromatic carbocycles. The fourth-order valence-corrected chi connectivity index (χ4v) is 6.66. The van der Waals surface area contributed by atoms with Crippen LogP contribution in [-0.4, -0.2) is 55.8 Å². The number of carbonyl (C=O) groups is 1. The van der Waals surface area contributed by atoms with Crippen LogP contribution in [0, 0.1) is 11.6 Å². The van der Waals surface area contributed by atoms with E-state index in [2.05, 4.69) is 15.3 Å². The van der Waals surface area contributed by atoms with Gasteiger partial charge < -0.3 is 35.3 Å². The van der Waals surface area contributed by atoms with Gasteiger partial charge in [-0.05, 0) is 72.0 Å². The Morgan fingerprint density at radius 3 is 2.56 bits per heavy atom. The molecule has 0 bridgehead atoms. The average Bonchev–Trinajstić information content (AvgIpc) is 3.92. The molecule has 4 heterocycles. The number of nitrogen functional groups attached to an aromatic ring is 1. The maximum Gasteiger partial charge on any atom is 0.508 e. The number of nitrogens with zero attached hydrogens (tertiary/aromatic N) is 4. The van der Waals surface area contributed by atoms with Gasteiger partial charge in [-0.2, -0.15) is 4.39 Å². The lowest BCUT2D eigenvalue weighted by atomic mass is 9.86. The molecule has 1 aliphatic heterocycles. The summed E-state index contributed by atoms with van der Waals surface area (Å²) >= 11 is 0. The third-order valence-electron chi connectivity index (χ3n) is 9.17. The Morgan fingerprint density at radius 1 is 0.981 bits per heavy atom. The van der Waals surface area contributed by atoms with Crippen molar-refractivity contribution in [2.75, 3.05) is 18.9 Å². The number of nitrogens with one attached hydrogen (secondary N) is 1. The fraction of sp³-hybridized carbons (Fsp3) is 0.189. The van der Waals surface area contributed by atoms with Gasteiger partial charge in [-0.25, -0.2) is 19.3 Å². The van der Waals surface area contributed by atoms with E-state index in [-0.39, 0.29) is 42.5 Å². The van der Waals surface area contributed by atoms with E-state index in [4.69, 9.17) is 24.9 Å². The number of benzene rings is 3. The average molecular weight is 704 g/mol. The van der Waals surface area contributed by atoms with E-state index in [1.165, 1.54) is 12.1 Å². The van der Waals surface area contributed by atoms with Crippen LogP contribution in [0.25, 0.3) is 28.2 Å². The molecule has 0 saturated carbocycles. The molecule has 15 heteroatoms. The number of aromatic nitrogens is 4. The standard InChI is InChI=1S/C37H31BF2N6O6/c39-30-25(18-26(37-50-15-16-51-37)32(31(30)40)52-19-20-5-2-1-3-6-20)36(47)44-27-11-8-21-17-22(9-10-23(21)27)46-34(24-7-4-14-42-33(24)41)43-28-12-13-29(38(48)49)45-35(28)46/h1-7,9-10,12-14,17-18,27,37,48-49H,8,11,15-16,19H2,(H2,41,42)(H,44,47)/t27-/m0/s1. The highest BCUT2D eigenvalue weighted by atomic mass is 19.2. The SMILES string of the molecule is Nc1ncccc1-c1nc2ccc(B(O)O)nc2n1-c1ccc2c(c1)CC[C@@H]2NC(=O)c1cc(C2OCCO2)c(OCc2ccccc2)c(F)c1F. The number of pyridine rings is 2. The molecule has 6 aromatic rings. The Morgan fingerprint density at radius 2 is 1.79 bits per heavy atom. The van der Waals surface area contributed by atoms with Gasteiger partial charge in [0.15, 0.2) is 29.3 Å². The van der Waals surface area contributed by atoms with E-state index < -0.39 is 42.6 Å². The molecule has 8 rings (SSSR count). The largest absolute Gasteiger partial charge is 0.508 e. The zero-order valence-corrected chi connectivity index (χ0v) is 27.5. The first-order valence-electron chi connectivity index (χ1n) is 16.6. The van der Waals surface area contributed by atoms with Crippen LogP contribution in [0.1, 0.15) is 51.4 Å². The second-order valence-electron chi connectivity index (χ2n) is 12.4. The van der Waals surface area contributed by atoms with Crippen molar-refractivity contribution >= 4 is 35.6 Å². The summed E-state index contributed by atoms with van der Waals surface area (Å²) in [5.41, 5.74) is 10.4. The summed E-state index contributed by atoms with van der Waals surface area (Å²) in [6, 6.07) is 22.0. The van der Waals surface area contributed by atoms with E-state index in [0.717, 1.165) is 16.7 Å². The van der Waals surface area contributed by atoms with E-state index >= 15 is 8.78 Å². The quantitative estimate of drug-likeness (QED) is 0.161. The summed E-state index contributed by atoms with van der Waals surface area (Å²) in [5, 5.41) is 22.6. The molecule has 1 amide bonds.